The standard InChI is InChI=1S/C20H25N/c1-16-7-9-18(10-8-16)19-11-13-21(14-12-19)15-20-6-4-3-5-17(20)2/h3-10,19H,11-15H2,1-2H3. The van der Waals surface area contributed by atoms with Gasteiger partial charge < -0.3 is 0 Å². The summed E-state index contributed by atoms with van der Waals surface area (Å²) in [6.07, 6.45) is 2.57. The fourth-order valence-electron chi connectivity index (χ4n) is 3.29. The molecule has 1 heteroatoms. The number of rotatable bonds is 3. The van der Waals surface area contributed by atoms with E-state index in [4.69, 9.17) is 0 Å². The normalized spacial score (nSPS) is 17.0. The van der Waals surface area contributed by atoms with Crippen LogP contribution in [-0.4, -0.2) is 18.0 Å². The molecular weight excluding hydrogens is 254 g/mol. The number of piperidine rings is 1. The lowest BCUT2D eigenvalue weighted by Crippen LogP contribution is -2.32. The van der Waals surface area contributed by atoms with Crippen molar-refractivity contribution < 1.29 is 0 Å². The van der Waals surface area contributed by atoms with E-state index in [0.717, 1.165) is 12.5 Å². The van der Waals surface area contributed by atoms with E-state index in [0.29, 0.717) is 0 Å². The molecule has 2 aromatic rings. The Morgan fingerprint density at radius 2 is 1.57 bits per heavy atom. The topological polar surface area (TPSA) is 3.24 Å². The van der Waals surface area contributed by atoms with Crippen LogP contribution >= 0.6 is 0 Å². The first-order valence-corrected chi connectivity index (χ1v) is 8.06. The van der Waals surface area contributed by atoms with Crippen LogP contribution in [0, 0.1) is 13.8 Å². The summed E-state index contributed by atoms with van der Waals surface area (Å²) >= 11 is 0. The zero-order chi connectivity index (χ0) is 14.7. The van der Waals surface area contributed by atoms with E-state index in [1.807, 2.05) is 0 Å². The summed E-state index contributed by atoms with van der Waals surface area (Å²) in [5.41, 5.74) is 5.77. The molecule has 0 amide bonds. The first kappa shape index (κ1) is 14.3. The van der Waals surface area contributed by atoms with Gasteiger partial charge in [0.25, 0.3) is 0 Å². The van der Waals surface area contributed by atoms with Gasteiger partial charge in [-0.3, -0.25) is 4.90 Å². The summed E-state index contributed by atoms with van der Waals surface area (Å²) in [7, 11) is 0. The Morgan fingerprint density at radius 3 is 2.24 bits per heavy atom. The molecular formula is C20H25N. The Balaban J connectivity index is 1.58. The Labute approximate surface area is 128 Å². The van der Waals surface area contributed by atoms with Gasteiger partial charge in [-0.1, -0.05) is 54.1 Å². The van der Waals surface area contributed by atoms with Crippen molar-refractivity contribution in [1.29, 1.82) is 0 Å². The smallest absolute Gasteiger partial charge is 0.0236 e. The predicted molar refractivity (Wildman–Crippen MR) is 89.6 cm³/mol. The zero-order valence-corrected chi connectivity index (χ0v) is 13.2. The van der Waals surface area contributed by atoms with Crippen LogP contribution in [0.25, 0.3) is 0 Å². The summed E-state index contributed by atoms with van der Waals surface area (Å²) in [5, 5.41) is 0. The summed E-state index contributed by atoms with van der Waals surface area (Å²) in [5.74, 6) is 0.749. The highest BCUT2D eigenvalue weighted by Gasteiger charge is 2.20. The second kappa shape index (κ2) is 6.44. The first-order chi connectivity index (χ1) is 10.2. The molecule has 1 aliphatic heterocycles. The molecule has 0 saturated carbocycles. The third-order valence-corrected chi connectivity index (χ3v) is 4.79. The molecule has 0 spiro atoms. The van der Waals surface area contributed by atoms with Gasteiger partial charge in [-0.15, -0.1) is 0 Å². The fourth-order valence-corrected chi connectivity index (χ4v) is 3.29. The second-order valence-corrected chi connectivity index (χ2v) is 6.39. The van der Waals surface area contributed by atoms with Gasteiger partial charge in [-0.05, 0) is 62.4 Å². The molecule has 0 aromatic heterocycles. The zero-order valence-electron chi connectivity index (χ0n) is 13.2. The predicted octanol–water partition coefficient (Wildman–Crippen LogP) is 4.68. The Kier molecular flexibility index (Phi) is 4.40. The van der Waals surface area contributed by atoms with Gasteiger partial charge in [-0.25, -0.2) is 0 Å². The minimum atomic E-state index is 0.749. The molecule has 0 atom stereocenters. The van der Waals surface area contributed by atoms with Crippen LogP contribution in [0.3, 0.4) is 0 Å². The average Bonchev–Trinajstić information content (AvgIpc) is 2.51. The van der Waals surface area contributed by atoms with Gasteiger partial charge in [0.05, 0.1) is 0 Å². The minimum absolute atomic E-state index is 0.749. The molecule has 0 unspecified atom stereocenters. The van der Waals surface area contributed by atoms with E-state index in [9.17, 15) is 0 Å². The van der Waals surface area contributed by atoms with Gasteiger partial charge in [0.15, 0.2) is 0 Å². The molecule has 1 aliphatic rings. The highest BCUT2D eigenvalue weighted by Crippen LogP contribution is 2.29. The van der Waals surface area contributed by atoms with Crippen LogP contribution in [0.5, 0.6) is 0 Å². The average molecular weight is 279 g/mol. The maximum Gasteiger partial charge on any atom is 0.0236 e. The summed E-state index contributed by atoms with van der Waals surface area (Å²) in [6.45, 7) is 7.91. The van der Waals surface area contributed by atoms with Crippen LogP contribution in [0.2, 0.25) is 0 Å². The van der Waals surface area contributed by atoms with Crippen molar-refractivity contribution in [1.82, 2.24) is 4.90 Å². The molecule has 1 fully saturated rings. The van der Waals surface area contributed by atoms with Crippen LogP contribution in [0.15, 0.2) is 48.5 Å². The largest absolute Gasteiger partial charge is 0.299 e. The van der Waals surface area contributed by atoms with Crippen LogP contribution in [0.4, 0.5) is 0 Å². The number of aryl methyl sites for hydroxylation is 2. The molecule has 2 aromatic carbocycles. The minimum Gasteiger partial charge on any atom is -0.299 e. The SMILES string of the molecule is Cc1ccc(C2CCN(Cc3ccccc3C)CC2)cc1. The molecule has 3 rings (SSSR count). The number of hydrogen-bond acceptors (Lipinski definition) is 1. The van der Waals surface area contributed by atoms with Gasteiger partial charge in [0, 0.05) is 6.54 Å². The number of nitrogens with zero attached hydrogens (tertiary/aromatic N) is 1. The monoisotopic (exact) mass is 279 g/mol. The molecule has 0 aliphatic carbocycles. The van der Waals surface area contributed by atoms with E-state index in [-0.39, 0.29) is 0 Å². The third-order valence-electron chi connectivity index (χ3n) is 4.79. The van der Waals surface area contributed by atoms with E-state index in [2.05, 4.69) is 67.3 Å². The summed E-state index contributed by atoms with van der Waals surface area (Å²) in [4.78, 5) is 2.60. The van der Waals surface area contributed by atoms with Crippen molar-refractivity contribution in [2.45, 2.75) is 39.2 Å². The third kappa shape index (κ3) is 3.54. The molecule has 0 radical (unpaired) electrons. The molecule has 110 valence electrons. The molecule has 0 bridgehead atoms. The van der Waals surface area contributed by atoms with Crippen molar-refractivity contribution in [2.75, 3.05) is 13.1 Å². The van der Waals surface area contributed by atoms with Crippen LogP contribution in [0.1, 0.15) is 41.0 Å². The van der Waals surface area contributed by atoms with E-state index < -0.39 is 0 Å². The maximum atomic E-state index is 2.60. The van der Waals surface area contributed by atoms with Crippen molar-refractivity contribution in [3.63, 3.8) is 0 Å². The van der Waals surface area contributed by atoms with Crippen molar-refractivity contribution in [3.8, 4) is 0 Å². The Bertz CT molecular complexity index is 577. The lowest BCUT2D eigenvalue weighted by Gasteiger charge is -2.32. The van der Waals surface area contributed by atoms with Crippen molar-refractivity contribution >= 4 is 0 Å². The number of likely N-dealkylation sites (tertiary alicyclic amines) is 1. The lowest BCUT2D eigenvalue weighted by atomic mass is 9.89. The molecule has 0 N–H and O–H groups in total. The molecule has 1 heterocycles. The highest BCUT2D eigenvalue weighted by molar-refractivity contribution is 5.26. The van der Waals surface area contributed by atoms with Crippen molar-refractivity contribution in [2.24, 2.45) is 0 Å². The van der Waals surface area contributed by atoms with Gasteiger partial charge in [-0.2, -0.15) is 0 Å². The lowest BCUT2D eigenvalue weighted by molar-refractivity contribution is 0.204. The van der Waals surface area contributed by atoms with Crippen LogP contribution in [-0.2, 0) is 6.54 Å². The van der Waals surface area contributed by atoms with Crippen molar-refractivity contribution in [3.05, 3.63) is 70.8 Å². The maximum absolute atomic E-state index is 2.60. The first-order valence-electron chi connectivity index (χ1n) is 8.06. The Hall–Kier alpha value is -1.60. The fraction of sp³-hybridized carbons (Fsp3) is 0.400. The number of benzene rings is 2. The van der Waals surface area contributed by atoms with Gasteiger partial charge >= 0.3 is 0 Å². The van der Waals surface area contributed by atoms with Gasteiger partial charge in [0.1, 0.15) is 0 Å². The molecule has 1 nitrogen and oxygen atoms in total. The second-order valence-electron chi connectivity index (χ2n) is 6.39. The quantitative estimate of drug-likeness (QED) is 0.788. The number of hydrogen-bond donors (Lipinski definition) is 0. The summed E-state index contributed by atoms with van der Waals surface area (Å²) in [6, 6.07) is 17.9. The van der Waals surface area contributed by atoms with E-state index in [1.165, 1.54) is 48.2 Å². The molecule has 21 heavy (non-hydrogen) atoms. The molecule has 1 saturated heterocycles. The van der Waals surface area contributed by atoms with Crippen LogP contribution < -0.4 is 0 Å². The Morgan fingerprint density at radius 1 is 0.905 bits per heavy atom. The van der Waals surface area contributed by atoms with E-state index in [1.54, 1.807) is 0 Å². The van der Waals surface area contributed by atoms with Gasteiger partial charge in [0.2, 0.25) is 0 Å². The summed E-state index contributed by atoms with van der Waals surface area (Å²) < 4.78 is 0. The van der Waals surface area contributed by atoms with E-state index >= 15 is 0 Å². The highest BCUT2D eigenvalue weighted by atomic mass is 15.1.